The third-order valence-electron chi connectivity index (χ3n) is 4.97. The summed E-state index contributed by atoms with van der Waals surface area (Å²) in [6, 6.07) is 7.67. The zero-order valence-electron chi connectivity index (χ0n) is 15.6. The van der Waals surface area contributed by atoms with Crippen molar-refractivity contribution in [2.45, 2.75) is 31.8 Å². The van der Waals surface area contributed by atoms with Crippen LogP contribution >= 0.6 is 0 Å². The molecule has 146 valence electrons. The van der Waals surface area contributed by atoms with Crippen LogP contribution in [0.4, 0.5) is 14.0 Å². The Morgan fingerprint density at radius 2 is 2.17 bits per heavy atom. The Labute approximate surface area is 166 Å². The van der Waals surface area contributed by atoms with Gasteiger partial charge in [0.1, 0.15) is 11.9 Å². The Morgan fingerprint density at radius 1 is 1.38 bits per heavy atom. The number of allylic oxidation sites excluding steroid dienone is 1. The Hall–Kier alpha value is -3.73. The predicted octanol–water partition coefficient (Wildman–Crippen LogP) is 3.62. The van der Waals surface area contributed by atoms with E-state index in [2.05, 4.69) is 21.7 Å². The summed E-state index contributed by atoms with van der Waals surface area (Å²) >= 11 is 0. The zero-order valence-corrected chi connectivity index (χ0v) is 15.6. The lowest BCUT2D eigenvalue weighted by atomic mass is 9.92. The van der Waals surface area contributed by atoms with Crippen molar-refractivity contribution < 1.29 is 14.0 Å². The molecule has 1 unspecified atom stereocenters. The molecule has 2 N–H and O–H groups in total. The molecular formula is C21H18FN5O2. The second kappa shape index (κ2) is 7.36. The third-order valence-corrected chi connectivity index (χ3v) is 4.97. The third kappa shape index (κ3) is 3.55. The van der Waals surface area contributed by atoms with Crippen LogP contribution in [-0.4, -0.2) is 28.0 Å². The quantitative estimate of drug-likeness (QED) is 0.835. The number of nitrogens with zero attached hydrogens (tertiary/aromatic N) is 3. The maximum absolute atomic E-state index is 14.5. The van der Waals surface area contributed by atoms with E-state index >= 15 is 0 Å². The number of hydrogen-bond donors (Lipinski definition) is 2. The monoisotopic (exact) mass is 391 g/mol. The fourth-order valence-electron chi connectivity index (χ4n) is 3.34. The molecule has 29 heavy (non-hydrogen) atoms. The molecular weight excluding hydrogens is 373 g/mol. The lowest BCUT2D eigenvalue weighted by molar-refractivity contribution is 0.173. The maximum Gasteiger partial charge on any atom is 0.330 e. The molecule has 2 heterocycles. The van der Waals surface area contributed by atoms with Crippen molar-refractivity contribution in [2.24, 2.45) is 0 Å². The molecule has 1 aliphatic heterocycles. The Morgan fingerprint density at radius 3 is 2.83 bits per heavy atom. The van der Waals surface area contributed by atoms with Gasteiger partial charge in [0.05, 0.1) is 11.6 Å². The van der Waals surface area contributed by atoms with Crippen LogP contribution in [0.15, 0.2) is 54.0 Å². The van der Waals surface area contributed by atoms with Crippen molar-refractivity contribution in [3.05, 3.63) is 65.4 Å². The van der Waals surface area contributed by atoms with Crippen molar-refractivity contribution in [2.75, 3.05) is 0 Å². The van der Waals surface area contributed by atoms with E-state index in [-0.39, 0.29) is 17.2 Å². The summed E-state index contributed by atoms with van der Waals surface area (Å²) in [4.78, 5) is 30.4. The van der Waals surface area contributed by atoms with Crippen molar-refractivity contribution >= 4 is 12.1 Å². The molecule has 4 amide bonds. The molecule has 0 saturated heterocycles. The first-order valence-corrected chi connectivity index (χ1v) is 9.21. The number of carbonyl (C=O) groups excluding carboxylic acids is 2. The summed E-state index contributed by atoms with van der Waals surface area (Å²) in [5.74, 6) is -0.463. The van der Waals surface area contributed by atoms with Gasteiger partial charge >= 0.3 is 12.1 Å². The minimum Gasteiger partial charge on any atom is -0.335 e. The molecule has 1 aromatic heterocycles. The number of aromatic nitrogens is 1. The second-order valence-corrected chi connectivity index (χ2v) is 7.06. The molecule has 1 aliphatic carbocycles. The molecule has 7 nitrogen and oxygen atoms in total. The van der Waals surface area contributed by atoms with Gasteiger partial charge in [0, 0.05) is 35.3 Å². The number of nitrogens with one attached hydrogen (secondary N) is 2. The summed E-state index contributed by atoms with van der Waals surface area (Å²) < 4.78 is 14.5. The highest BCUT2D eigenvalue weighted by Gasteiger charge is 2.40. The van der Waals surface area contributed by atoms with Gasteiger partial charge in [0.15, 0.2) is 0 Å². The summed E-state index contributed by atoms with van der Waals surface area (Å²) in [6.07, 6.45) is 4.82. The van der Waals surface area contributed by atoms with Gasteiger partial charge in [-0.05, 0) is 43.5 Å². The molecule has 0 spiro atoms. The molecule has 0 bridgehead atoms. The average molecular weight is 391 g/mol. The number of urea groups is 2. The maximum atomic E-state index is 14.5. The Balaban J connectivity index is 1.82. The van der Waals surface area contributed by atoms with Gasteiger partial charge in [-0.3, -0.25) is 4.98 Å². The van der Waals surface area contributed by atoms with Crippen LogP contribution in [-0.2, 0) is 0 Å². The Bertz CT molecular complexity index is 1060. The first-order chi connectivity index (χ1) is 14.0. The van der Waals surface area contributed by atoms with Crippen LogP contribution < -0.4 is 10.6 Å². The minimum atomic E-state index is -0.955. The second-order valence-electron chi connectivity index (χ2n) is 7.06. The van der Waals surface area contributed by atoms with E-state index in [4.69, 9.17) is 0 Å². The largest absolute Gasteiger partial charge is 0.335 e. The normalized spacial score (nSPS) is 18.9. The van der Waals surface area contributed by atoms with Crippen molar-refractivity contribution in [1.82, 2.24) is 20.5 Å². The number of halogens is 1. The van der Waals surface area contributed by atoms with Crippen LogP contribution in [0.25, 0.3) is 11.1 Å². The minimum absolute atomic E-state index is 0.0349. The van der Waals surface area contributed by atoms with Crippen molar-refractivity contribution in [3.8, 4) is 17.2 Å². The number of amides is 4. The number of rotatable bonds is 3. The van der Waals surface area contributed by atoms with Gasteiger partial charge in [-0.25, -0.2) is 18.9 Å². The SMILES string of the molecule is CC1=C(C#N)C(c2ccc(F)c(-c3cccnc3)c2)N(C(=O)NC2CC2)C(=O)N1. The number of carbonyl (C=O) groups is 2. The molecule has 4 rings (SSSR count). The molecule has 2 aromatic rings. The summed E-state index contributed by atoms with van der Waals surface area (Å²) in [6.45, 7) is 1.60. The van der Waals surface area contributed by atoms with E-state index in [9.17, 15) is 19.2 Å². The van der Waals surface area contributed by atoms with Gasteiger partial charge in [-0.2, -0.15) is 5.26 Å². The van der Waals surface area contributed by atoms with E-state index in [1.54, 1.807) is 31.3 Å². The summed E-state index contributed by atoms with van der Waals surface area (Å²) in [5, 5.41) is 15.1. The first-order valence-electron chi connectivity index (χ1n) is 9.21. The van der Waals surface area contributed by atoms with Gasteiger partial charge in [0.2, 0.25) is 0 Å². The van der Waals surface area contributed by atoms with Gasteiger partial charge in [0.25, 0.3) is 0 Å². The van der Waals surface area contributed by atoms with Crippen LogP contribution in [0.3, 0.4) is 0 Å². The van der Waals surface area contributed by atoms with Gasteiger partial charge < -0.3 is 10.6 Å². The molecule has 8 heteroatoms. The number of imide groups is 1. The first kappa shape index (κ1) is 18.6. The van der Waals surface area contributed by atoms with Crippen molar-refractivity contribution in [1.29, 1.82) is 5.26 Å². The molecule has 1 aromatic carbocycles. The number of benzene rings is 1. The Kier molecular flexibility index (Phi) is 4.72. The van der Waals surface area contributed by atoms with E-state index in [0.717, 1.165) is 17.7 Å². The fraction of sp³-hybridized carbons (Fsp3) is 0.238. The van der Waals surface area contributed by atoms with Gasteiger partial charge in [-0.15, -0.1) is 0 Å². The lowest BCUT2D eigenvalue weighted by Gasteiger charge is -2.35. The van der Waals surface area contributed by atoms with Crippen LogP contribution in [0.2, 0.25) is 0 Å². The van der Waals surface area contributed by atoms with Crippen LogP contribution in [0, 0.1) is 17.1 Å². The predicted molar refractivity (Wildman–Crippen MR) is 103 cm³/mol. The summed E-state index contributed by atoms with van der Waals surface area (Å²) in [5.41, 5.74) is 1.88. The zero-order chi connectivity index (χ0) is 20.5. The highest BCUT2D eigenvalue weighted by molar-refractivity contribution is 5.97. The smallest absolute Gasteiger partial charge is 0.330 e. The summed E-state index contributed by atoms with van der Waals surface area (Å²) in [7, 11) is 0. The molecule has 1 saturated carbocycles. The van der Waals surface area contributed by atoms with Crippen LogP contribution in [0.1, 0.15) is 31.4 Å². The molecule has 1 fully saturated rings. The number of pyridine rings is 1. The molecule has 1 atom stereocenters. The number of hydrogen-bond acceptors (Lipinski definition) is 4. The van der Waals surface area contributed by atoms with E-state index < -0.39 is 23.9 Å². The van der Waals surface area contributed by atoms with E-state index in [1.165, 1.54) is 18.3 Å². The standard InChI is InChI=1S/C21H18FN5O2/c1-12-17(10-23)19(27(20(28)25-12)21(29)26-15-5-6-15)13-4-7-18(22)16(9-13)14-3-2-8-24-11-14/h2-4,7-9,11,15,19H,5-6H2,1H3,(H,25,28)(H,26,29). The topological polar surface area (TPSA) is 98.1 Å². The molecule has 0 radical (unpaired) electrons. The lowest BCUT2D eigenvalue weighted by Crippen LogP contribution is -2.53. The van der Waals surface area contributed by atoms with Gasteiger partial charge in [-0.1, -0.05) is 12.1 Å². The highest BCUT2D eigenvalue weighted by atomic mass is 19.1. The number of nitriles is 1. The van der Waals surface area contributed by atoms with E-state index in [0.29, 0.717) is 16.8 Å². The molecule has 2 aliphatic rings. The fourth-order valence-corrected chi connectivity index (χ4v) is 3.34. The van der Waals surface area contributed by atoms with E-state index in [1.807, 2.05) is 0 Å². The van der Waals surface area contributed by atoms with Crippen molar-refractivity contribution in [3.63, 3.8) is 0 Å². The van der Waals surface area contributed by atoms with Crippen LogP contribution in [0.5, 0.6) is 0 Å². The highest BCUT2D eigenvalue weighted by Crippen LogP contribution is 2.36. The average Bonchev–Trinajstić information content (AvgIpc) is 3.52.